The molecule has 2 rings (SSSR count). The minimum Gasteiger partial charge on any atom is -0.478 e. The van der Waals surface area contributed by atoms with E-state index in [1.807, 2.05) is 0 Å². The van der Waals surface area contributed by atoms with Crippen LogP contribution in [-0.2, 0) is 4.79 Å². The van der Waals surface area contributed by atoms with E-state index in [0.29, 0.717) is 5.69 Å². The molecule has 0 aliphatic rings. The third-order valence-electron chi connectivity index (χ3n) is 1.94. The summed E-state index contributed by atoms with van der Waals surface area (Å²) in [5, 5.41) is 19.2. The fraction of sp³-hybridized carbons (Fsp3) is 0. The molecule has 0 saturated heterocycles. The van der Waals surface area contributed by atoms with Crippen LogP contribution in [0.4, 0.5) is 4.39 Å². The second kappa shape index (κ2) is 4.52. The van der Waals surface area contributed by atoms with Crippen molar-refractivity contribution in [2.24, 2.45) is 0 Å². The Morgan fingerprint density at radius 2 is 2.06 bits per heavy atom. The van der Waals surface area contributed by atoms with Crippen LogP contribution in [-0.4, -0.2) is 31.3 Å². The molecule has 0 amide bonds. The smallest absolute Gasteiger partial charge is 0.328 e. The van der Waals surface area contributed by atoms with E-state index in [2.05, 4.69) is 15.5 Å². The number of benzene rings is 1. The lowest BCUT2D eigenvalue weighted by Gasteiger charge is -2.00. The Bertz CT molecular complexity index is 562. The van der Waals surface area contributed by atoms with Gasteiger partial charge in [0.05, 0.1) is 5.69 Å². The molecule has 1 heterocycles. The Labute approximate surface area is 95.0 Å². The van der Waals surface area contributed by atoms with Crippen LogP contribution in [0.3, 0.4) is 0 Å². The summed E-state index contributed by atoms with van der Waals surface area (Å²) in [4.78, 5) is 10.4. The molecule has 0 bridgehead atoms. The minimum atomic E-state index is -1.10. The average Bonchev–Trinajstić information content (AvgIpc) is 2.75. The Kier molecular flexibility index (Phi) is 2.91. The first kappa shape index (κ1) is 10.9. The van der Waals surface area contributed by atoms with Crippen molar-refractivity contribution < 1.29 is 14.3 Å². The largest absolute Gasteiger partial charge is 0.478 e. The van der Waals surface area contributed by atoms with Crippen molar-refractivity contribution >= 4 is 12.0 Å². The molecule has 0 fully saturated rings. The van der Waals surface area contributed by atoms with Gasteiger partial charge in [-0.05, 0) is 40.8 Å². The summed E-state index contributed by atoms with van der Waals surface area (Å²) in [6.45, 7) is 0. The van der Waals surface area contributed by atoms with E-state index >= 15 is 0 Å². The van der Waals surface area contributed by atoms with Gasteiger partial charge in [-0.15, -0.1) is 5.10 Å². The van der Waals surface area contributed by atoms with Crippen LogP contribution in [0.5, 0.6) is 0 Å². The monoisotopic (exact) mass is 234 g/mol. The Balaban J connectivity index is 2.36. The van der Waals surface area contributed by atoms with Crippen LogP contribution < -0.4 is 0 Å². The summed E-state index contributed by atoms with van der Waals surface area (Å²) in [6.07, 6.45) is 2.18. The lowest BCUT2D eigenvalue weighted by molar-refractivity contribution is -0.131. The second-order valence-electron chi connectivity index (χ2n) is 3.10. The van der Waals surface area contributed by atoms with Crippen molar-refractivity contribution in [3.63, 3.8) is 0 Å². The van der Waals surface area contributed by atoms with E-state index < -0.39 is 5.97 Å². The number of aromatic nitrogens is 4. The van der Waals surface area contributed by atoms with Gasteiger partial charge in [-0.1, -0.05) is 0 Å². The van der Waals surface area contributed by atoms with E-state index in [-0.39, 0.29) is 11.6 Å². The van der Waals surface area contributed by atoms with Gasteiger partial charge in [0.2, 0.25) is 0 Å². The van der Waals surface area contributed by atoms with E-state index in [0.717, 1.165) is 6.08 Å². The highest BCUT2D eigenvalue weighted by molar-refractivity contribution is 5.84. The molecule has 0 spiro atoms. The van der Waals surface area contributed by atoms with Gasteiger partial charge in [0.15, 0.2) is 5.82 Å². The molecule has 1 aromatic heterocycles. The van der Waals surface area contributed by atoms with Crippen LogP contribution in [0.1, 0.15) is 5.82 Å². The summed E-state index contributed by atoms with van der Waals surface area (Å²) >= 11 is 0. The van der Waals surface area contributed by atoms with E-state index in [1.54, 1.807) is 0 Å². The third-order valence-corrected chi connectivity index (χ3v) is 1.94. The van der Waals surface area contributed by atoms with Gasteiger partial charge in [-0.3, -0.25) is 0 Å². The highest BCUT2D eigenvalue weighted by atomic mass is 19.1. The second-order valence-corrected chi connectivity index (χ2v) is 3.10. The van der Waals surface area contributed by atoms with Crippen LogP contribution in [0.25, 0.3) is 11.8 Å². The highest BCUT2D eigenvalue weighted by Crippen LogP contribution is 2.09. The molecular weight excluding hydrogens is 227 g/mol. The molecule has 17 heavy (non-hydrogen) atoms. The predicted octanol–water partition coefficient (Wildman–Crippen LogP) is 0.899. The number of tetrazole rings is 1. The third kappa shape index (κ3) is 2.51. The van der Waals surface area contributed by atoms with Gasteiger partial charge < -0.3 is 5.11 Å². The van der Waals surface area contributed by atoms with Gasteiger partial charge in [0.25, 0.3) is 0 Å². The quantitative estimate of drug-likeness (QED) is 0.798. The zero-order valence-electron chi connectivity index (χ0n) is 8.49. The molecule has 0 saturated carbocycles. The van der Waals surface area contributed by atoms with Gasteiger partial charge in [-0.2, -0.15) is 4.68 Å². The fourth-order valence-electron chi connectivity index (χ4n) is 1.21. The van der Waals surface area contributed by atoms with Gasteiger partial charge in [0.1, 0.15) is 5.82 Å². The lowest BCUT2D eigenvalue weighted by Crippen LogP contribution is -2.00. The fourth-order valence-corrected chi connectivity index (χ4v) is 1.21. The number of hydrogen-bond acceptors (Lipinski definition) is 4. The normalized spacial score (nSPS) is 10.9. The van der Waals surface area contributed by atoms with Crippen molar-refractivity contribution in [2.75, 3.05) is 0 Å². The first-order chi connectivity index (χ1) is 8.16. The molecule has 6 nitrogen and oxygen atoms in total. The number of carboxylic acid groups (broad SMARTS) is 1. The van der Waals surface area contributed by atoms with Crippen molar-refractivity contribution in [1.82, 2.24) is 20.2 Å². The van der Waals surface area contributed by atoms with Crippen LogP contribution in [0.15, 0.2) is 30.3 Å². The van der Waals surface area contributed by atoms with Gasteiger partial charge in [-0.25, -0.2) is 9.18 Å². The first-order valence-corrected chi connectivity index (χ1v) is 4.62. The molecule has 1 N–H and O–H groups in total. The van der Waals surface area contributed by atoms with E-state index in [4.69, 9.17) is 5.11 Å². The molecule has 0 aliphatic carbocycles. The molecule has 1 aromatic carbocycles. The van der Waals surface area contributed by atoms with Crippen molar-refractivity contribution in [1.29, 1.82) is 0 Å². The maximum absolute atomic E-state index is 12.7. The number of rotatable bonds is 3. The molecule has 2 aromatic rings. The maximum Gasteiger partial charge on any atom is 0.328 e. The summed E-state index contributed by atoms with van der Waals surface area (Å²) in [5.41, 5.74) is 0.543. The van der Waals surface area contributed by atoms with Crippen molar-refractivity contribution in [3.05, 3.63) is 42.0 Å². The summed E-state index contributed by atoms with van der Waals surface area (Å²) in [6, 6.07) is 5.51. The van der Waals surface area contributed by atoms with E-state index in [9.17, 15) is 9.18 Å². The predicted molar refractivity (Wildman–Crippen MR) is 55.8 cm³/mol. The topological polar surface area (TPSA) is 80.9 Å². The minimum absolute atomic E-state index is 0.249. The Hall–Kier alpha value is -2.57. The Morgan fingerprint density at radius 3 is 2.71 bits per heavy atom. The van der Waals surface area contributed by atoms with Gasteiger partial charge >= 0.3 is 5.97 Å². The zero-order chi connectivity index (χ0) is 12.3. The SMILES string of the molecule is O=C(O)/C=C/c1nnnn1-c1ccc(F)cc1. The van der Waals surface area contributed by atoms with E-state index in [1.165, 1.54) is 35.0 Å². The number of nitrogens with zero attached hydrogens (tertiary/aromatic N) is 4. The van der Waals surface area contributed by atoms with Crippen molar-refractivity contribution in [3.8, 4) is 5.69 Å². The number of carboxylic acids is 1. The molecule has 0 atom stereocenters. The number of carbonyl (C=O) groups is 1. The average molecular weight is 234 g/mol. The lowest BCUT2D eigenvalue weighted by atomic mass is 10.3. The number of aliphatic carboxylic acids is 1. The maximum atomic E-state index is 12.7. The highest BCUT2D eigenvalue weighted by Gasteiger charge is 2.05. The molecule has 0 aliphatic heterocycles. The Morgan fingerprint density at radius 1 is 1.35 bits per heavy atom. The molecule has 0 unspecified atom stereocenters. The van der Waals surface area contributed by atoms with Crippen LogP contribution in [0, 0.1) is 5.82 Å². The van der Waals surface area contributed by atoms with Gasteiger partial charge in [0, 0.05) is 6.08 Å². The van der Waals surface area contributed by atoms with Crippen LogP contribution in [0.2, 0.25) is 0 Å². The summed E-state index contributed by atoms with van der Waals surface area (Å²) < 4.78 is 14.0. The standard InChI is InChI=1S/C10H7FN4O2/c11-7-1-3-8(4-2-7)15-9(12-13-14-15)5-6-10(16)17/h1-6H,(H,16,17)/b6-5+. The van der Waals surface area contributed by atoms with Crippen molar-refractivity contribution in [2.45, 2.75) is 0 Å². The molecule has 0 radical (unpaired) electrons. The molecular formula is C10H7FN4O2. The molecule has 86 valence electrons. The number of hydrogen-bond donors (Lipinski definition) is 1. The number of halogens is 1. The first-order valence-electron chi connectivity index (χ1n) is 4.62. The summed E-state index contributed by atoms with van der Waals surface area (Å²) in [7, 11) is 0. The zero-order valence-corrected chi connectivity index (χ0v) is 8.49. The summed E-state index contributed by atoms with van der Waals surface area (Å²) in [5.74, 6) is -1.22. The van der Waals surface area contributed by atoms with Crippen LogP contribution >= 0.6 is 0 Å². The molecule has 7 heteroatoms.